The maximum atomic E-state index is 5.86. The van der Waals surface area contributed by atoms with Gasteiger partial charge in [-0.25, -0.2) is 0 Å². The minimum absolute atomic E-state index is 0.109. The summed E-state index contributed by atoms with van der Waals surface area (Å²) in [5, 5.41) is 8.54. The zero-order chi connectivity index (χ0) is 25.3. The van der Waals surface area contributed by atoms with Crippen LogP contribution in [0.1, 0.15) is 11.1 Å². The van der Waals surface area contributed by atoms with Gasteiger partial charge < -0.3 is 5.73 Å². The van der Waals surface area contributed by atoms with Crippen LogP contribution in [0, 0.1) is 0 Å². The van der Waals surface area contributed by atoms with Gasteiger partial charge in [-0.3, -0.25) is 10.9 Å². The molecule has 4 aromatic carbocycles. The van der Waals surface area contributed by atoms with Crippen molar-refractivity contribution in [2.24, 2.45) is 10.2 Å². The van der Waals surface area contributed by atoms with Gasteiger partial charge in [0.1, 0.15) is 0 Å². The minimum atomic E-state index is 0.109. The number of nitrogens with zero attached hydrogens (tertiary/aromatic N) is 4. The molecule has 0 aliphatic carbocycles. The average Bonchev–Trinajstić information content (AvgIpc) is 2.95. The molecular formula is C30H25N7. The Morgan fingerprint density at radius 2 is 0.892 bits per heavy atom. The van der Waals surface area contributed by atoms with Crippen molar-refractivity contribution in [2.45, 2.75) is 0 Å². The summed E-state index contributed by atoms with van der Waals surface area (Å²) < 4.78 is 0. The molecule has 0 radical (unpaired) electrons. The third-order valence-electron chi connectivity index (χ3n) is 5.56. The lowest BCUT2D eigenvalue weighted by atomic mass is 10.0. The topological polar surface area (TPSA) is 101 Å². The monoisotopic (exact) mass is 483 g/mol. The van der Waals surface area contributed by atoms with Gasteiger partial charge >= 0.3 is 0 Å². The Balaban J connectivity index is 1.18. The minimum Gasteiger partial charge on any atom is -0.368 e. The van der Waals surface area contributed by atoms with E-state index in [9.17, 15) is 0 Å². The van der Waals surface area contributed by atoms with Crippen molar-refractivity contribution in [3.8, 4) is 22.3 Å². The van der Waals surface area contributed by atoms with Gasteiger partial charge in [-0.2, -0.15) is 20.2 Å². The normalized spacial score (nSPS) is 11.1. The van der Waals surface area contributed by atoms with Crippen molar-refractivity contribution >= 4 is 30.0 Å². The molecule has 4 N–H and O–H groups in total. The highest BCUT2D eigenvalue weighted by atomic mass is 15.3. The molecule has 1 aromatic heterocycles. The molecule has 180 valence electrons. The number of aromatic nitrogens is 2. The Hall–Kier alpha value is -5.30. The molecule has 37 heavy (non-hydrogen) atoms. The Bertz CT molecular complexity index is 1380. The molecule has 0 amide bonds. The number of hydrazone groups is 2. The van der Waals surface area contributed by atoms with E-state index >= 15 is 0 Å². The fourth-order valence-electron chi connectivity index (χ4n) is 3.71. The van der Waals surface area contributed by atoms with E-state index in [1.807, 2.05) is 60.7 Å². The summed E-state index contributed by atoms with van der Waals surface area (Å²) in [6.07, 6.45) is 3.44. The van der Waals surface area contributed by atoms with Crippen LogP contribution in [0.25, 0.3) is 22.3 Å². The highest BCUT2D eigenvalue weighted by Gasteiger charge is 2.02. The number of benzene rings is 4. The smallest absolute Gasteiger partial charge is 0.224 e. The van der Waals surface area contributed by atoms with Crippen LogP contribution in [-0.4, -0.2) is 22.4 Å². The average molecular weight is 484 g/mol. The fourth-order valence-corrected chi connectivity index (χ4v) is 3.71. The summed E-state index contributed by atoms with van der Waals surface area (Å²) in [6.45, 7) is 0. The van der Waals surface area contributed by atoms with Crippen LogP contribution in [0.4, 0.5) is 17.6 Å². The number of hydrogen-bond donors (Lipinski definition) is 3. The highest BCUT2D eigenvalue weighted by Crippen LogP contribution is 2.20. The van der Waals surface area contributed by atoms with Crippen molar-refractivity contribution in [1.82, 2.24) is 9.97 Å². The summed E-state index contributed by atoms with van der Waals surface area (Å²) in [6, 6.07) is 38.4. The van der Waals surface area contributed by atoms with Crippen molar-refractivity contribution in [2.75, 3.05) is 16.6 Å². The molecule has 5 aromatic rings. The Morgan fingerprint density at radius 3 is 1.30 bits per heavy atom. The van der Waals surface area contributed by atoms with Gasteiger partial charge in [0, 0.05) is 6.07 Å². The van der Waals surface area contributed by atoms with Crippen molar-refractivity contribution in [1.29, 1.82) is 0 Å². The van der Waals surface area contributed by atoms with Gasteiger partial charge in [-0.15, -0.1) is 0 Å². The number of nitrogen functional groups attached to an aromatic ring is 1. The lowest BCUT2D eigenvalue weighted by Gasteiger charge is -2.05. The van der Waals surface area contributed by atoms with E-state index in [2.05, 4.69) is 79.6 Å². The maximum Gasteiger partial charge on any atom is 0.224 e. The van der Waals surface area contributed by atoms with Crippen LogP contribution in [-0.2, 0) is 0 Å². The Labute approximate surface area is 215 Å². The quantitative estimate of drug-likeness (QED) is 0.178. The second kappa shape index (κ2) is 11.4. The predicted molar refractivity (Wildman–Crippen MR) is 153 cm³/mol. The molecule has 0 spiro atoms. The van der Waals surface area contributed by atoms with Gasteiger partial charge in [0.05, 0.1) is 12.4 Å². The van der Waals surface area contributed by atoms with E-state index in [4.69, 9.17) is 5.73 Å². The molecule has 7 heteroatoms. The summed E-state index contributed by atoms with van der Waals surface area (Å²) in [5.74, 6) is 1.02. The van der Waals surface area contributed by atoms with E-state index < -0.39 is 0 Å². The highest BCUT2D eigenvalue weighted by molar-refractivity contribution is 5.82. The molecule has 0 atom stereocenters. The van der Waals surface area contributed by atoms with E-state index in [0.717, 1.165) is 22.3 Å². The van der Waals surface area contributed by atoms with Crippen LogP contribution >= 0.6 is 0 Å². The summed E-state index contributed by atoms with van der Waals surface area (Å²) in [7, 11) is 0. The van der Waals surface area contributed by atoms with Crippen LogP contribution in [0.2, 0.25) is 0 Å². The molecule has 1 heterocycles. The number of hydrogen-bond acceptors (Lipinski definition) is 7. The van der Waals surface area contributed by atoms with Gasteiger partial charge in [0.2, 0.25) is 5.95 Å². The molecule has 0 unspecified atom stereocenters. The molecule has 0 bridgehead atoms. The van der Waals surface area contributed by atoms with Gasteiger partial charge in [-0.05, 0) is 33.4 Å². The summed E-state index contributed by atoms with van der Waals surface area (Å²) >= 11 is 0. The molecule has 7 nitrogen and oxygen atoms in total. The van der Waals surface area contributed by atoms with Crippen LogP contribution in [0.5, 0.6) is 0 Å². The van der Waals surface area contributed by atoms with Crippen molar-refractivity contribution in [3.05, 3.63) is 126 Å². The third kappa shape index (κ3) is 6.43. The Kier molecular flexibility index (Phi) is 7.23. The second-order valence-corrected chi connectivity index (χ2v) is 8.21. The molecule has 0 fully saturated rings. The van der Waals surface area contributed by atoms with Gasteiger partial charge in [0.15, 0.2) is 11.6 Å². The predicted octanol–water partition coefficient (Wildman–Crippen LogP) is 6.28. The summed E-state index contributed by atoms with van der Waals surface area (Å²) in [5.41, 5.74) is 18.2. The molecule has 0 saturated heterocycles. The number of nitrogens with two attached hydrogens (primary N) is 1. The molecular weight excluding hydrogens is 458 g/mol. The first-order chi connectivity index (χ1) is 18.2. The van der Waals surface area contributed by atoms with Crippen LogP contribution in [0.15, 0.2) is 125 Å². The Morgan fingerprint density at radius 1 is 0.514 bits per heavy atom. The molecule has 0 aliphatic rings. The largest absolute Gasteiger partial charge is 0.368 e. The molecule has 5 rings (SSSR count). The SMILES string of the molecule is Nc1nc(N/N=C/c2ccc(-c3ccccc3)cc2)cc(N/N=C/c2ccc(-c3ccccc3)cc2)n1. The van der Waals surface area contributed by atoms with Gasteiger partial charge in [-0.1, -0.05) is 109 Å². The molecule has 0 saturated carbocycles. The van der Waals surface area contributed by atoms with Crippen LogP contribution < -0.4 is 16.6 Å². The lowest BCUT2D eigenvalue weighted by molar-refractivity contribution is 1.13. The first kappa shape index (κ1) is 23.4. The maximum absolute atomic E-state index is 5.86. The number of rotatable bonds is 8. The van der Waals surface area contributed by atoms with Crippen molar-refractivity contribution < 1.29 is 0 Å². The number of nitrogens with one attached hydrogen (secondary N) is 2. The summed E-state index contributed by atoms with van der Waals surface area (Å²) in [4.78, 5) is 8.35. The van der Waals surface area contributed by atoms with Gasteiger partial charge in [0.25, 0.3) is 0 Å². The zero-order valence-electron chi connectivity index (χ0n) is 20.0. The first-order valence-corrected chi connectivity index (χ1v) is 11.8. The van der Waals surface area contributed by atoms with Crippen LogP contribution in [0.3, 0.4) is 0 Å². The fraction of sp³-hybridized carbons (Fsp3) is 0. The second-order valence-electron chi connectivity index (χ2n) is 8.21. The van der Waals surface area contributed by atoms with Crippen molar-refractivity contribution in [3.63, 3.8) is 0 Å². The number of anilines is 3. The van der Waals surface area contributed by atoms with E-state index in [1.54, 1.807) is 18.5 Å². The van der Waals surface area contributed by atoms with E-state index in [0.29, 0.717) is 11.6 Å². The van der Waals surface area contributed by atoms with E-state index in [1.165, 1.54) is 11.1 Å². The lowest BCUT2D eigenvalue weighted by Crippen LogP contribution is -2.03. The third-order valence-corrected chi connectivity index (χ3v) is 5.56. The van der Waals surface area contributed by atoms with E-state index in [-0.39, 0.29) is 5.95 Å². The first-order valence-electron chi connectivity index (χ1n) is 11.8. The zero-order valence-corrected chi connectivity index (χ0v) is 20.0. The molecule has 0 aliphatic heterocycles. The standard InChI is InChI=1S/C30H25N7/c31-30-34-28(36-32-20-22-11-15-26(16-12-22)24-7-3-1-4-8-24)19-29(35-30)37-33-21-23-13-17-27(18-14-23)25-9-5-2-6-10-25/h1-21H,(H4,31,34,35,36,37)/b32-20+,33-21+.